The molecule has 0 saturated carbocycles. The summed E-state index contributed by atoms with van der Waals surface area (Å²) in [5, 5.41) is 3.82. The van der Waals surface area contributed by atoms with E-state index in [0.29, 0.717) is 0 Å². The van der Waals surface area contributed by atoms with Crippen LogP contribution in [0.1, 0.15) is 33.4 Å². The van der Waals surface area contributed by atoms with Crippen molar-refractivity contribution in [2.75, 3.05) is 0 Å². The van der Waals surface area contributed by atoms with Gasteiger partial charge in [-0.1, -0.05) is 166 Å². The molecule has 0 amide bonds. The van der Waals surface area contributed by atoms with E-state index in [4.69, 9.17) is 4.74 Å². The Bertz CT molecular complexity index is 1800. The summed E-state index contributed by atoms with van der Waals surface area (Å²) in [6.07, 6.45) is 0. The maximum atomic E-state index is 7.11. The first-order valence-electron chi connectivity index (χ1n) is 15.7. The van der Waals surface area contributed by atoms with E-state index in [2.05, 4.69) is 175 Å². The average Bonchev–Trinajstić information content (AvgIpc) is 3.02. The molecule has 0 saturated heterocycles. The lowest BCUT2D eigenvalue weighted by Gasteiger charge is -2.27. The van der Waals surface area contributed by atoms with Crippen molar-refractivity contribution in [1.29, 1.82) is 0 Å². The molecular weight excluding hydrogens is 562 g/mol. The summed E-state index contributed by atoms with van der Waals surface area (Å²) in [5.74, 6) is 1.79. The molecule has 0 aromatic heterocycles. The zero-order chi connectivity index (χ0) is 31.5. The standard InChI is InChI=1S/C42H40BOP/c1-29-25-31(3)41(32(4)26-29)43(42-33(5)27-30(2)28-34(42)6)37-21-13-14-22-38(37)44-39-23-15-16-24-40(39)45(35-17-9-7-10-18-35)36-19-11-8-12-20-36/h7-28H,1-6H3. The smallest absolute Gasteiger partial charge is 0.247 e. The topological polar surface area (TPSA) is 9.23 Å². The number of para-hydroxylation sites is 2. The molecule has 0 atom stereocenters. The molecule has 0 spiro atoms. The van der Waals surface area contributed by atoms with Crippen LogP contribution >= 0.6 is 7.92 Å². The lowest BCUT2D eigenvalue weighted by atomic mass is 9.34. The molecule has 45 heavy (non-hydrogen) atoms. The highest BCUT2D eigenvalue weighted by Gasteiger charge is 2.31. The van der Waals surface area contributed by atoms with Gasteiger partial charge in [0.15, 0.2) is 0 Å². The second-order valence-corrected chi connectivity index (χ2v) is 14.4. The van der Waals surface area contributed by atoms with Gasteiger partial charge >= 0.3 is 0 Å². The SMILES string of the molecule is Cc1cc(C)c(B(c2ccccc2Oc2ccccc2P(c2ccccc2)c2ccccc2)c2c(C)cc(C)cc2C)c(C)c1. The molecule has 0 bridgehead atoms. The molecule has 222 valence electrons. The van der Waals surface area contributed by atoms with E-state index in [-0.39, 0.29) is 6.71 Å². The van der Waals surface area contributed by atoms with Crippen LogP contribution in [0.25, 0.3) is 0 Å². The molecule has 0 aliphatic rings. The number of hydrogen-bond donors (Lipinski definition) is 0. The molecular formula is C42H40BOP. The van der Waals surface area contributed by atoms with E-state index in [9.17, 15) is 0 Å². The van der Waals surface area contributed by atoms with Crippen molar-refractivity contribution in [3.8, 4) is 11.5 Å². The third-order valence-electron chi connectivity index (χ3n) is 8.64. The van der Waals surface area contributed by atoms with Crippen LogP contribution in [0.5, 0.6) is 11.5 Å². The molecule has 0 fully saturated rings. The van der Waals surface area contributed by atoms with E-state index in [1.54, 1.807) is 0 Å². The van der Waals surface area contributed by atoms with Gasteiger partial charge in [-0.25, -0.2) is 0 Å². The Hall–Kier alpha value is -4.39. The first-order chi connectivity index (χ1) is 21.8. The van der Waals surface area contributed by atoms with Crippen molar-refractivity contribution in [3.63, 3.8) is 0 Å². The Morgan fingerprint density at radius 1 is 0.444 bits per heavy atom. The molecule has 0 N–H and O–H groups in total. The van der Waals surface area contributed by atoms with Gasteiger partial charge in [0.05, 0.1) is 0 Å². The van der Waals surface area contributed by atoms with Gasteiger partial charge in [0.1, 0.15) is 11.5 Å². The Labute approximate surface area is 270 Å². The predicted octanol–water partition coefficient (Wildman–Crippen LogP) is 7.60. The quantitative estimate of drug-likeness (QED) is 0.129. The van der Waals surface area contributed by atoms with Gasteiger partial charge in [-0.05, 0) is 77.7 Å². The lowest BCUT2D eigenvalue weighted by Crippen LogP contribution is -2.56. The molecule has 1 nitrogen and oxygen atoms in total. The Kier molecular flexibility index (Phi) is 9.06. The molecule has 6 rings (SSSR count). The van der Waals surface area contributed by atoms with Crippen molar-refractivity contribution in [2.24, 2.45) is 0 Å². The summed E-state index contributed by atoms with van der Waals surface area (Å²) in [5.41, 5.74) is 11.7. The van der Waals surface area contributed by atoms with Crippen molar-refractivity contribution >= 4 is 46.9 Å². The molecule has 3 heteroatoms. The number of benzene rings is 6. The van der Waals surface area contributed by atoms with Crippen LogP contribution in [0.15, 0.2) is 133 Å². The second-order valence-electron chi connectivity index (χ2n) is 12.2. The molecule has 0 heterocycles. The van der Waals surface area contributed by atoms with Crippen LogP contribution in [-0.2, 0) is 0 Å². The van der Waals surface area contributed by atoms with Crippen LogP contribution < -0.4 is 37.0 Å². The normalized spacial score (nSPS) is 11.1. The van der Waals surface area contributed by atoms with E-state index >= 15 is 0 Å². The van der Waals surface area contributed by atoms with Gasteiger partial charge < -0.3 is 4.74 Å². The van der Waals surface area contributed by atoms with Crippen molar-refractivity contribution in [1.82, 2.24) is 0 Å². The predicted molar refractivity (Wildman–Crippen MR) is 198 cm³/mol. The van der Waals surface area contributed by atoms with Gasteiger partial charge in [0.25, 0.3) is 0 Å². The Morgan fingerprint density at radius 3 is 1.33 bits per heavy atom. The second kappa shape index (κ2) is 13.3. The summed E-state index contributed by atoms with van der Waals surface area (Å²) in [7, 11) is -0.829. The molecule has 6 aromatic carbocycles. The maximum Gasteiger partial charge on any atom is 0.247 e. The molecule has 0 radical (unpaired) electrons. The molecule has 6 aromatic rings. The van der Waals surface area contributed by atoms with Crippen LogP contribution in [0.4, 0.5) is 0 Å². The van der Waals surface area contributed by atoms with Crippen LogP contribution in [-0.4, -0.2) is 6.71 Å². The number of ether oxygens (including phenoxy) is 1. The minimum atomic E-state index is -0.829. The fourth-order valence-corrected chi connectivity index (χ4v) is 9.36. The third-order valence-corrected chi connectivity index (χ3v) is 11.1. The van der Waals surface area contributed by atoms with E-state index < -0.39 is 7.92 Å². The summed E-state index contributed by atoms with van der Waals surface area (Å²) in [6, 6.07) is 48.2. The highest BCUT2D eigenvalue weighted by Crippen LogP contribution is 2.37. The summed E-state index contributed by atoms with van der Waals surface area (Å²) in [6.45, 7) is 13.4. The fraction of sp³-hybridized carbons (Fsp3) is 0.143. The highest BCUT2D eigenvalue weighted by molar-refractivity contribution is 7.80. The van der Waals surface area contributed by atoms with Crippen LogP contribution in [0, 0.1) is 41.5 Å². The van der Waals surface area contributed by atoms with Gasteiger partial charge in [-0.3, -0.25) is 0 Å². The van der Waals surface area contributed by atoms with Crippen LogP contribution in [0.3, 0.4) is 0 Å². The van der Waals surface area contributed by atoms with Gasteiger partial charge in [0, 0.05) is 5.30 Å². The first-order valence-corrected chi connectivity index (χ1v) is 17.1. The summed E-state index contributed by atoms with van der Waals surface area (Å²) >= 11 is 0. The fourth-order valence-electron chi connectivity index (χ4n) is 6.99. The summed E-state index contributed by atoms with van der Waals surface area (Å²) < 4.78 is 7.11. The van der Waals surface area contributed by atoms with Crippen LogP contribution in [0.2, 0.25) is 0 Å². The number of rotatable bonds is 8. The van der Waals surface area contributed by atoms with Gasteiger partial charge in [-0.15, -0.1) is 0 Å². The maximum absolute atomic E-state index is 7.11. The van der Waals surface area contributed by atoms with Gasteiger partial charge in [-0.2, -0.15) is 0 Å². The monoisotopic (exact) mass is 602 g/mol. The van der Waals surface area contributed by atoms with E-state index in [1.165, 1.54) is 65.7 Å². The number of aryl methyl sites for hydroxylation is 6. The largest absolute Gasteiger partial charge is 0.457 e. The molecule has 0 unspecified atom stereocenters. The Morgan fingerprint density at radius 2 is 0.844 bits per heavy atom. The minimum absolute atomic E-state index is 0.0271. The zero-order valence-electron chi connectivity index (χ0n) is 27.1. The zero-order valence-corrected chi connectivity index (χ0v) is 28.0. The van der Waals surface area contributed by atoms with E-state index in [1.807, 2.05) is 0 Å². The Balaban J connectivity index is 1.54. The lowest BCUT2D eigenvalue weighted by molar-refractivity contribution is 0.490. The third kappa shape index (κ3) is 6.40. The summed E-state index contributed by atoms with van der Waals surface area (Å²) in [4.78, 5) is 0. The van der Waals surface area contributed by atoms with Crippen molar-refractivity contribution in [2.45, 2.75) is 41.5 Å². The van der Waals surface area contributed by atoms with E-state index in [0.717, 1.165) is 11.5 Å². The number of hydrogen-bond acceptors (Lipinski definition) is 1. The van der Waals surface area contributed by atoms with Gasteiger partial charge in [0.2, 0.25) is 6.71 Å². The average molecular weight is 603 g/mol. The molecule has 0 aliphatic heterocycles. The van der Waals surface area contributed by atoms with Crippen molar-refractivity contribution < 1.29 is 4.74 Å². The van der Waals surface area contributed by atoms with Crippen molar-refractivity contribution in [3.05, 3.63) is 167 Å². The minimum Gasteiger partial charge on any atom is -0.457 e. The highest BCUT2D eigenvalue weighted by atomic mass is 31.1. The first kappa shape index (κ1) is 30.6. The molecule has 0 aliphatic carbocycles.